The molecule has 5 nitrogen and oxygen atoms in total. The number of carbonyl (C=O) groups is 2. The summed E-state index contributed by atoms with van der Waals surface area (Å²) in [5.41, 5.74) is 0. The zero-order valence-corrected chi connectivity index (χ0v) is 13.6. The van der Waals surface area contributed by atoms with Crippen LogP contribution in [-0.2, 0) is 4.79 Å². The van der Waals surface area contributed by atoms with E-state index in [2.05, 4.69) is 19.2 Å². The fourth-order valence-corrected chi connectivity index (χ4v) is 3.42. The summed E-state index contributed by atoms with van der Waals surface area (Å²) in [6.45, 7) is 8.77. The maximum Gasteiger partial charge on any atom is 0.317 e. The van der Waals surface area contributed by atoms with Gasteiger partial charge in [0.15, 0.2) is 0 Å². The Morgan fingerprint density at radius 2 is 1.48 bits per heavy atom. The second-order valence-electron chi connectivity index (χ2n) is 6.80. The zero-order valence-electron chi connectivity index (χ0n) is 13.6. The predicted molar refractivity (Wildman–Crippen MR) is 82.9 cm³/mol. The van der Waals surface area contributed by atoms with E-state index in [-0.39, 0.29) is 11.9 Å². The molecule has 1 aliphatic carbocycles. The normalized spacial score (nSPS) is 26.9. The molecule has 0 spiro atoms. The lowest BCUT2D eigenvalue weighted by Gasteiger charge is -2.36. The van der Waals surface area contributed by atoms with E-state index in [0.29, 0.717) is 32.2 Å². The molecule has 2 aliphatic rings. The molecule has 0 aromatic carbocycles. The van der Waals surface area contributed by atoms with Crippen LogP contribution in [0.4, 0.5) is 4.79 Å². The van der Waals surface area contributed by atoms with Gasteiger partial charge >= 0.3 is 6.03 Å². The summed E-state index contributed by atoms with van der Waals surface area (Å²) < 4.78 is 0. The summed E-state index contributed by atoms with van der Waals surface area (Å²) >= 11 is 0. The van der Waals surface area contributed by atoms with Gasteiger partial charge in [-0.15, -0.1) is 0 Å². The lowest BCUT2D eigenvalue weighted by atomic mass is 9.80. The van der Waals surface area contributed by atoms with Gasteiger partial charge in [0.2, 0.25) is 5.91 Å². The van der Waals surface area contributed by atoms with Crippen molar-refractivity contribution in [3.8, 4) is 0 Å². The van der Waals surface area contributed by atoms with E-state index < -0.39 is 0 Å². The standard InChI is InChI=1S/C16H29N3O2/c1-12(2)14-4-6-15(7-5-14)17-16(21)19-10-8-18(9-11-19)13(3)20/h12,14-15H,4-11H2,1-3H3,(H,17,21). The van der Waals surface area contributed by atoms with E-state index in [1.54, 1.807) is 11.8 Å². The summed E-state index contributed by atoms with van der Waals surface area (Å²) in [5.74, 6) is 1.67. The molecule has 1 N–H and O–H groups in total. The lowest BCUT2D eigenvalue weighted by molar-refractivity contribution is -0.130. The molecule has 0 aromatic heterocycles. The molecule has 120 valence electrons. The molecule has 3 amide bonds. The molecule has 0 atom stereocenters. The van der Waals surface area contributed by atoms with Crippen LogP contribution in [0.15, 0.2) is 0 Å². The molecule has 2 rings (SSSR count). The molecule has 0 radical (unpaired) electrons. The molecule has 1 saturated carbocycles. The molecule has 5 heteroatoms. The van der Waals surface area contributed by atoms with Crippen LogP contribution in [0, 0.1) is 11.8 Å². The molecule has 0 bridgehead atoms. The van der Waals surface area contributed by atoms with Crippen LogP contribution in [0.1, 0.15) is 46.5 Å². The zero-order chi connectivity index (χ0) is 15.4. The van der Waals surface area contributed by atoms with E-state index in [4.69, 9.17) is 0 Å². The van der Waals surface area contributed by atoms with Gasteiger partial charge in [0.1, 0.15) is 0 Å². The Morgan fingerprint density at radius 3 is 1.95 bits per heavy atom. The first-order valence-electron chi connectivity index (χ1n) is 8.28. The van der Waals surface area contributed by atoms with E-state index in [1.807, 2.05) is 4.90 Å². The molecule has 21 heavy (non-hydrogen) atoms. The van der Waals surface area contributed by atoms with Crippen molar-refractivity contribution in [3.63, 3.8) is 0 Å². The van der Waals surface area contributed by atoms with Crippen LogP contribution >= 0.6 is 0 Å². The van der Waals surface area contributed by atoms with E-state index >= 15 is 0 Å². The maximum absolute atomic E-state index is 12.3. The van der Waals surface area contributed by atoms with Crippen molar-refractivity contribution < 1.29 is 9.59 Å². The highest BCUT2D eigenvalue weighted by molar-refractivity contribution is 5.76. The highest BCUT2D eigenvalue weighted by Crippen LogP contribution is 2.29. The largest absolute Gasteiger partial charge is 0.339 e. The van der Waals surface area contributed by atoms with Gasteiger partial charge in [-0.1, -0.05) is 13.8 Å². The highest BCUT2D eigenvalue weighted by atomic mass is 16.2. The Hall–Kier alpha value is -1.26. The fourth-order valence-electron chi connectivity index (χ4n) is 3.42. The van der Waals surface area contributed by atoms with Crippen molar-refractivity contribution >= 4 is 11.9 Å². The average molecular weight is 295 g/mol. The van der Waals surface area contributed by atoms with E-state index in [9.17, 15) is 9.59 Å². The summed E-state index contributed by atoms with van der Waals surface area (Å²) in [5, 5.41) is 3.18. The monoisotopic (exact) mass is 295 g/mol. The van der Waals surface area contributed by atoms with E-state index in [1.165, 1.54) is 12.8 Å². The minimum absolute atomic E-state index is 0.0474. The minimum Gasteiger partial charge on any atom is -0.339 e. The number of hydrogen-bond donors (Lipinski definition) is 1. The lowest BCUT2D eigenvalue weighted by Crippen LogP contribution is -2.54. The Balaban J connectivity index is 1.72. The third-order valence-corrected chi connectivity index (χ3v) is 5.05. The molecule has 1 heterocycles. The smallest absolute Gasteiger partial charge is 0.317 e. The average Bonchev–Trinajstić information content (AvgIpc) is 2.47. The first-order valence-corrected chi connectivity index (χ1v) is 8.28. The maximum atomic E-state index is 12.3. The third-order valence-electron chi connectivity index (χ3n) is 5.05. The van der Waals surface area contributed by atoms with Crippen molar-refractivity contribution in [2.75, 3.05) is 26.2 Å². The predicted octanol–water partition coefficient (Wildman–Crippen LogP) is 2.07. The number of nitrogens with one attached hydrogen (secondary N) is 1. The number of hydrogen-bond acceptors (Lipinski definition) is 2. The second kappa shape index (κ2) is 7.14. The molecule has 0 unspecified atom stereocenters. The minimum atomic E-state index is 0.0474. The summed E-state index contributed by atoms with van der Waals surface area (Å²) in [6, 6.07) is 0.379. The Bertz CT molecular complexity index is 368. The summed E-state index contributed by atoms with van der Waals surface area (Å²) in [6.07, 6.45) is 4.64. The first-order chi connectivity index (χ1) is 9.97. The molecule has 1 saturated heterocycles. The van der Waals surface area contributed by atoms with Crippen molar-refractivity contribution in [2.24, 2.45) is 11.8 Å². The molecule has 1 aliphatic heterocycles. The number of amides is 3. The Labute approximate surface area is 128 Å². The van der Waals surface area contributed by atoms with Crippen molar-refractivity contribution in [1.82, 2.24) is 15.1 Å². The Morgan fingerprint density at radius 1 is 0.952 bits per heavy atom. The van der Waals surface area contributed by atoms with Crippen molar-refractivity contribution in [2.45, 2.75) is 52.5 Å². The number of urea groups is 1. The van der Waals surface area contributed by atoms with Crippen LogP contribution in [0.3, 0.4) is 0 Å². The van der Waals surface area contributed by atoms with Gasteiger partial charge < -0.3 is 15.1 Å². The second-order valence-corrected chi connectivity index (χ2v) is 6.80. The summed E-state index contributed by atoms with van der Waals surface area (Å²) in [7, 11) is 0. The van der Waals surface area contributed by atoms with E-state index in [0.717, 1.165) is 24.7 Å². The summed E-state index contributed by atoms with van der Waals surface area (Å²) in [4.78, 5) is 27.2. The van der Waals surface area contributed by atoms with Gasteiger partial charge in [0.05, 0.1) is 0 Å². The van der Waals surface area contributed by atoms with Gasteiger partial charge in [0, 0.05) is 39.1 Å². The SMILES string of the molecule is CC(=O)N1CCN(C(=O)NC2CCC(C(C)C)CC2)CC1. The molecular formula is C16H29N3O2. The Kier molecular flexibility index (Phi) is 5.48. The van der Waals surface area contributed by atoms with Crippen LogP contribution in [0.2, 0.25) is 0 Å². The van der Waals surface area contributed by atoms with Crippen LogP contribution in [0.5, 0.6) is 0 Å². The number of nitrogens with zero attached hydrogens (tertiary/aromatic N) is 2. The van der Waals surface area contributed by atoms with Gasteiger partial charge in [-0.2, -0.15) is 0 Å². The number of carbonyl (C=O) groups excluding carboxylic acids is 2. The van der Waals surface area contributed by atoms with Crippen LogP contribution in [0.25, 0.3) is 0 Å². The number of rotatable bonds is 2. The molecule has 0 aromatic rings. The van der Waals surface area contributed by atoms with Gasteiger partial charge in [-0.05, 0) is 37.5 Å². The number of piperazine rings is 1. The van der Waals surface area contributed by atoms with Crippen LogP contribution < -0.4 is 5.32 Å². The van der Waals surface area contributed by atoms with Gasteiger partial charge in [-0.25, -0.2) is 4.79 Å². The highest BCUT2D eigenvalue weighted by Gasteiger charge is 2.27. The van der Waals surface area contributed by atoms with Crippen molar-refractivity contribution in [1.29, 1.82) is 0 Å². The van der Waals surface area contributed by atoms with Gasteiger partial charge in [-0.3, -0.25) is 4.79 Å². The van der Waals surface area contributed by atoms with Crippen molar-refractivity contribution in [3.05, 3.63) is 0 Å². The van der Waals surface area contributed by atoms with Gasteiger partial charge in [0.25, 0.3) is 0 Å². The fraction of sp³-hybridized carbons (Fsp3) is 0.875. The first kappa shape index (κ1) is 16.1. The third kappa shape index (κ3) is 4.35. The molecular weight excluding hydrogens is 266 g/mol. The van der Waals surface area contributed by atoms with Crippen LogP contribution in [-0.4, -0.2) is 54.0 Å². The quantitative estimate of drug-likeness (QED) is 0.848. The molecule has 2 fully saturated rings. The topological polar surface area (TPSA) is 52.7 Å².